The third kappa shape index (κ3) is 2.89. The number of hydrogen-bond donors (Lipinski definition) is 1. The molecular formula is C18H14N6OS. The number of rotatable bonds is 3. The predicted octanol–water partition coefficient (Wildman–Crippen LogP) is 2.50. The Labute approximate surface area is 153 Å². The van der Waals surface area contributed by atoms with E-state index in [0.717, 1.165) is 5.01 Å². The fourth-order valence-electron chi connectivity index (χ4n) is 2.88. The van der Waals surface area contributed by atoms with Crippen LogP contribution in [0.5, 0.6) is 0 Å². The summed E-state index contributed by atoms with van der Waals surface area (Å²) in [5.41, 5.74) is 8.28. The van der Waals surface area contributed by atoms with Gasteiger partial charge >= 0.3 is 0 Å². The average molecular weight is 362 g/mol. The summed E-state index contributed by atoms with van der Waals surface area (Å²) in [6.07, 6.45) is 2.22. The lowest BCUT2D eigenvalue weighted by Crippen LogP contribution is -2.20. The summed E-state index contributed by atoms with van der Waals surface area (Å²) < 4.78 is 0. The first kappa shape index (κ1) is 16.2. The van der Waals surface area contributed by atoms with E-state index in [1.807, 2.05) is 22.4 Å². The van der Waals surface area contributed by atoms with Crippen molar-refractivity contribution in [1.82, 2.24) is 15.0 Å². The zero-order valence-corrected chi connectivity index (χ0v) is 14.5. The quantitative estimate of drug-likeness (QED) is 0.762. The Morgan fingerprint density at radius 2 is 2.15 bits per heavy atom. The van der Waals surface area contributed by atoms with E-state index in [9.17, 15) is 10.1 Å². The molecule has 0 bridgehead atoms. The number of carbonyl (C=O) groups excluding carboxylic acids is 1. The number of pyridine rings is 2. The summed E-state index contributed by atoms with van der Waals surface area (Å²) in [6, 6.07) is 9.25. The van der Waals surface area contributed by atoms with E-state index in [4.69, 9.17) is 5.73 Å². The van der Waals surface area contributed by atoms with Crippen LogP contribution in [-0.2, 0) is 4.79 Å². The molecule has 0 unspecified atom stereocenters. The monoisotopic (exact) mass is 362 g/mol. The van der Waals surface area contributed by atoms with Crippen molar-refractivity contribution in [1.29, 1.82) is 5.26 Å². The largest absolute Gasteiger partial charge is 0.398 e. The number of nitrogens with zero attached hydrogens (tertiary/aromatic N) is 5. The number of aromatic nitrogens is 3. The minimum absolute atomic E-state index is 0.197. The van der Waals surface area contributed by atoms with Crippen LogP contribution in [0.4, 0.5) is 11.5 Å². The van der Waals surface area contributed by atoms with E-state index in [1.165, 1.54) is 11.3 Å². The number of ketones is 1. The standard InChI is InChI=1S/C18H14N6OS/c19-9-12-13(20)8-15(18-21-5-7-26-18)23-17(12)14-2-1-3-16(22-14)24-6-4-11(25)10-24/h1-3,5,7-8H,4,6,10H2,(H2,20,23). The molecule has 1 saturated heterocycles. The van der Waals surface area contributed by atoms with Crippen molar-refractivity contribution in [2.75, 3.05) is 23.7 Å². The lowest BCUT2D eigenvalue weighted by Gasteiger charge is -2.16. The van der Waals surface area contributed by atoms with Gasteiger partial charge in [0.2, 0.25) is 0 Å². The first-order valence-corrected chi connectivity index (χ1v) is 8.88. The van der Waals surface area contributed by atoms with Crippen LogP contribution in [0, 0.1) is 11.3 Å². The van der Waals surface area contributed by atoms with Crippen molar-refractivity contribution >= 4 is 28.6 Å². The lowest BCUT2D eigenvalue weighted by molar-refractivity contribution is -0.116. The topological polar surface area (TPSA) is 109 Å². The molecule has 0 radical (unpaired) electrons. The van der Waals surface area contributed by atoms with Gasteiger partial charge in [-0.1, -0.05) is 6.07 Å². The molecule has 8 heteroatoms. The van der Waals surface area contributed by atoms with Crippen molar-refractivity contribution in [2.45, 2.75) is 6.42 Å². The van der Waals surface area contributed by atoms with E-state index in [1.54, 1.807) is 18.3 Å². The maximum Gasteiger partial charge on any atom is 0.153 e. The van der Waals surface area contributed by atoms with E-state index in [0.29, 0.717) is 48.1 Å². The Morgan fingerprint density at radius 3 is 2.85 bits per heavy atom. The predicted molar refractivity (Wildman–Crippen MR) is 99.5 cm³/mol. The number of carbonyl (C=O) groups is 1. The summed E-state index contributed by atoms with van der Waals surface area (Å²) in [5, 5.41) is 12.1. The first-order chi connectivity index (χ1) is 12.7. The molecule has 1 aliphatic rings. The molecule has 0 atom stereocenters. The molecule has 0 saturated carbocycles. The van der Waals surface area contributed by atoms with Crippen LogP contribution < -0.4 is 10.6 Å². The van der Waals surface area contributed by atoms with Crippen LogP contribution in [0.15, 0.2) is 35.8 Å². The number of hydrogen-bond acceptors (Lipinski definition) is 8. The highest BCUT2D eigenvalue weighted by Gasteiger charge is 2.22. The Hall–Kier alpha value is -3.31. The van der Waals surface area contributed by atoms with Crippen molar-refractivity contribution < 1.29 is 4.79 Å². The molecule has 7 nitrogen and oxygen atoms in total. The van der Waals surface area contributed by atoms with Gasteiger partial charge in [0.05, 0.1) is 17.9 Å². The van der Waals surface area contributed by atoms with Crippen molar-refractivity contribution in [3.8, 4) is 28.2 Å². The molecule has 4 heterocycles. The van der Waals surface area contributed by atoms with Gasteiger partial charge in [0.25, 0.3) is 0 Å². The van der Waals surface area contributed by atoms with E-state index in [2.05, 4.69) is 21.0 Å². The van der Waals surface area contributed by atoms with Gasteiger partial charge < -0.3 is 10.6 Å². The summed E-state index contributed by atoms with van der Waals surface area (Å²) in [7, 11) is 0. The smallest absolute Gasteiger partial charge is 0.153 e. The number of nitriles is 1. The summed E-state index contributed by atoms with van der Waals surface area (Å²) >= 11 is 1.45. The molecule has 0 aliphatic carbocycles. The minimum atomic E-state index is 0.197. The van der Waals surface area contributed by atoms with Gasteiger partial charge in [-0.25, -0.2) is 15.0 Å². The van der Waals surface area contributed by atoms with Gasteiger partial charge in [-0.3, -0.25) is 4.79 Å². The van der Waals surface area contributed by atoms with Crippen LogP contribution in [-0.4, -0.2) is 33.8 Å². The van der Waals surface area contributed by atoms with Gasteiger partial charge in [-0.2, -0.15) is 5.26 Å². The number of anilines is 2. The molecule has 0 spiro atoms. The summed E-state index contributed by atoms with van der Waals surface area (Å²) in [5.74, 6) is 0.889. The Balaban J connectivity index is 1.82. The minimum Gasteiger partial charge on any atom is -0.398 e. The average Bonchev–Trinajstić information content (AvgIpc) is 3.33. The van der Waals surface area contributed by atoms with Crippen LogP contribution in [0.1, 0.15) is 12.0 Å². The van der Waals surface area contributed by atoms with Gasteiger partial charge in [0.1, 0.15) is 33.8 Å². The van der Waals surface area contributed by atoms with Crippen LogP contribution >= 0.6 is 11.3 Å². The third-order valence-electron chi connectivity index (χ3n) is 4.14. The SMILES string of the molecule is N#Cc1c(N)cc(-c2nccs2)nc1-c1cccc(N2CCC(=O)C2)n1. The maximum atomic E-state index is 11.6. The number of Topliss-reactive ketones (excluding diaryl/α,β-unsaturated/α-hetero) is 1. The van der Waals surface area contributed by atoms with Gasteiger partial charge in [-0.15, -0.1) is 11.3 Å². The molecule has 2 N–H and O–H groups in total. The van der Waals surface area contributed by atoms with E-state index in [-0.39, 0.29) is 11.3 Å². The van der Waals surface area contributed by atoms with Crippen LogP contribution in [0.3, 0.4) is 0 Å². The molecular weight excluding hydrogens is 348 g/mol. The van der Waals surface area contributed by atoms with Crippen LogP contribution in [0.2, 0.25) is 0 Å². The number of nitrogens with two attached hydrogens (primary N) is 1. The Morgan fingerprint density at radius 1 is 1.27 bits per heavy atom. The van der Waals surface area contributed by atoms with Gasteiger partial charge in [0, 0.05) is 24.5 Å². The Bertz CT molecular complexity index is 1020. The van der Waals surface area contributed by atoms with Gasteiger partial charge in [-0.05, 0) is 18.2 Å². The maximum absolute atomic E-state index is 11.6. The molecule has 1 aliphatic heterocycles. The second-order valence-corrected chi connectivity index (χ2v) is 6.76. The molecule has 26 heavy (non-hydrogen) atoms. The highest BCUT2D eigenvalue weighted by Crippen LogP contribution is 2.31. The van der Waals surface area contributed by atoms with Crippen molar-refractivity contribution in [3.63, 3.8) is 0 Å². The molecule has 128 valence electrons. The fraction of sp³-hybridized carbons (Fsp3) is 0.167. The second-order valence-electron chi connectivity index (χ2n) is 5.86. The molecule has 0 aromatic carbocycles. The van der Waals surface area contributed by atoms with Crippen LogP contribution in [0.25, 0.3) is 22.1 Å². The first-order valence-electron chi connectivity index (χ1n) is 8.00. The molecule has 3 aromatic rings. The number of nitrogen functional groups attached to an aromatic ring is 1. The second kappa shape index (κ2) is 6.54. The van der Waals surface area contributed by atoms with E-state index >= 15 is 0 Å². The van der Waals surface area contributed by atoms with Crippen molar-refractivity contribution in [3.05, 3.63) is 41.4 Å². The highest BCUT2D eigenvalue weighted by molar-refractivity contribution is 7.13. The molecule has 1 fully saturated rings. The normalized spacial score (nSPS) is 13.8. The molecule has 0 amide bonds. The highest BCUT2D eigenvalue weighted by atomic mass is 32.1. The zero-order chi connectivity index (χ0) is 18.1. The Kier molecular flexibility index (Phi) is 4.07. The molecule has 3 aromatic heterocycles. The fourth-order valence-corrected chi connectivity index (χ4v) is 3.48. The summed E-state index contributed by atoms with van der Waals surface area (Å²) in [6.45, 7) is 1.01. The van der Waals surface area contributed by atoms with Crippen molar-refractivity contribution in [2.24, 2.45) is 0 Å². The zero-order valence-electron chi connectivity index (χ0n) is 13.7. The number of thiazole rings is 1. The summed E-state index contributed by atoms with van der Waals surface area (Å²) in [4.78, 5) is 27.0. The third-order valence-corrected chi connectivity index (χ3v) is 4.94. The van der Waals surface area contributed by atoms with Gasteiger partial charge in [0.15, 0.2) is 5.78 Å². The van der Waals surface area contributed by atoms with E-state index < -0.39 is 0 Å². The molecule has 4 rings (SSSR count). The lowest BCUT2D eigenvalue weighted by atomic mass is 10.1.